The fraction of sp³-hybridized carbons (Fsp3) is 0.556. The third-order valence-corrected chi connectivity index (χ3v) is 2.34. The van der Waals surface area contributed by atoms with Crippen molar-refractivity contribution >= 4 is 23.8 Å². The number of esters is 1. The highest BCUT2D eigenvalue weighted by molar-refractivity contribution is 6.44. The van der Waals surface area contributed by atoms with Gasteiger partial charge in [0.25, 0.3) is 0 Å². The Morgan fingerprint density at radius 1 is 1.35 bits per heavy atom. The van der Waals surface area contributed by atoms with Gasteiger partial charge in [-0.15, -0.1) is 0 Å². The molecule has 17 heavy (non-hydrogen) atoms. The molecule has 0 aromatic carbocycles. The molecule has 8 heteroatoms. The highest BCUT2D eigenvalue weighted by Gasteiger charge is 2.47. The number of amides is 4. The molecule has 4 amide bonds. The molecule has 1 atom stereocenters. The van der Waals surface area contributed by atoms with Crippen LogP contribution in [0.4, 0.5) is 4.79 Å². The number of ether oxygens (including phenoxy) is 1. The minimum Gasteiger partial charge on any atom is -0.467 e. The van der Waals surface area contributed by atoms with Crippen molar-refractivity contribution in [1.29, 1.82) is 0 Å². The zero-order valence-corrected chi connectivity index (χ0v) is 9.59. The van der Waals surface area contributed by atoms with Gasteiger partial charge in [-0.25, -0.2) is 9.59 Å². The fourth-order valence-electron chi connectivity index (χ4n) is 1.35. The molecule has 94 valence electrons. The van der Waals surface area contributed by atoms with Gasteiger partial charge in [-0.1, -0.05) is 0 Å². The van der Waals surface area contributed by atoms with Crippen molar-refractivity contribution in [3.63, 3.8) is 0 Å². The molecule has 1 N–H and O–H groups in total. The van der Waals surface area contributed by atoms with E-state index in [-0.39, 0.29) is 0 Å². The van der Waals surface area contributed by atoms with E-state index in [1.807, 2.05) is 0 Å². The Hall–Kier alpha value is -1.96. The molecule has 0 spiro atoms. The molecule has 0 saturated carbocycles. The van der Waals surface area contributed by atoms with Gasteiger partial charge in [0.05, 0.1) is 13.7 Å². The molecular formula is C9H12N2O6. The first-order valence-corrected chi connectivity index (χ1v) is 4.66. The lowest BCUT2D eigenvalue weighted by molar-refractivity contribution is -0.162. The van der Waals surface area contributed by atoms with Crippen LogP contribution in [0, 0.1) is 0 Å². The van der Waals surface area contributed by atoms with Crippen LogP contribution in [-0.2, 0) is 19.1 Å². The minimum atomic E-state index is -2.05. The first-order valence-electron chi connectivity index (χ1n) is 4.66. The van der Waals surface area contributed by atoms with E-state index in [1.165, 1.54) is 0 Å². The maximum absolute atomic E-state index is 11.5. The van der Waals surface area contributed by atoms with E-state index in [9.17, 15) is 24.3 Å². The van der Waals surface area contributed by atoms with Crippen molar-refractivity contribution in [1.82, 2.24) is 9.80 Å². The third-order valence-electron chi connectivity index (χ3n) is 2.34. The van der Waals surface area contributed by atoms with Gasteiger partial charge in [0.2, 0.25) is 0 Å². The number of methoxy groups -OCH3 is 1. The molecule has 1 rings (SSSR count). The Morgan fingerprint density at radius 3 is 2.24 bits per heavy atom. The van der Waals surface area contributed by atoms with Crippen LogP contribution in [0.15, 0.2) is 0 Å². The van der Waals surface area contributed by atoms with Crippen LogP contribution < -0.4 is 0 Å². The zero-order chi connectivity index (χ0) is 13.4. The van der Waals surface area contributed by atoms with E-state index in [0.717, 1.165) is 21.1 Å². The van der Waals surface area contributed by atoms with Crippen molar-refractivity contribution in [2.75, 3.05) is 20.7 Å². The van der Waals surface area contributed by atoms with Crippen LogP contribution in [-0.4, -0.2) is 65.0 Å². The summed E-state index contributed by atoms with van der Waals surface area (Å²) in [4.78, 5) is 46.3. The second-order valence-corrected chi connectivity index (χ2v) is 3.80. The summed E-state index contributed by atoms with van der Waals surface area (Å²) < 4.78 is 4.31. The number of hydrogen-bond acceptors (Lipinski definition) is 6. The number of likely N-dealkylation sites (N-methyl/N-ethyl adjacent to an activating group) is 1. The highest BCUT2D eigenvalue weighted by Crippen LogP contribution is 2.15. The van der Waals surface area contributed by atoms with Crippen LogP contribution in [0.3, 0.4) is 0 Å². The van der Waals surface area contributed by atoms with Crippen molar-refractivity contribution in [2.24, 2.45) is 0 Å². The first-order chi connectivity index (χ1) is 7.72. The molecule has 1 fully saturated rings. The molecular weight excluding hydrogens is 232 g/mol. The van der Waals surface area contributed by atoms with Crippen molar-refractivity contribution < 1.29 is 29.0 Å². The number of β-amino-alcohol motifs (C(OH)–C–C–N with tert-alkyl or cyclic N) is 1. The van der Waals surface area contributed by atoms with Gasteiger partial charge in [-0.2, -0.15) is 0 Å². The predicted molar refractivity (Wildman–Crippen MR) is 52.5 cm³/mol. The molecule has 0 aromatic heterocycles. The van der Waals surface area contributed by atoms with Crippen molar-refractivity contribution in [2.45, 2.75) is 12.5 Å². The number of carbonyl (C=O) groups excluding carboxylic acids is 4. The van der Waals surface area contributed by atoms with E-state index in [0.29, 0.717) is 9.80 Å². The number of hydrogen-bond donors (Lipinski definition) is 1. The average molecular weight is 244 g/mol. The van der Waals surface area contributed by atoms with Gasteiger partial charge in [-0.3, -0.25) is 19.4 Å². The Balaban J connectivity index is 2.90. The monoisotopic (exact) mass is 244 g/mol. The lowest BCUT2D eigenvalue weighted by Crippen LogP contribution is -2.49. The molecule has 1 unspecified atom stereocenters. The van der Waals surface area contributed by atoms with Crippen molar-refractivity contribution in [3.05, 3.63) is 0 Å². The van der Waals surface area contributed by atoms with Gasteiger partial charge in [0.15, 0.2) is 5.60 Å². The quantitative estimate of drug-likeness (QED) is 0.361. The van der Waals surface area contributed by atoms with E-state index >= 15 is 0 Å². The predicted octanol–water partition coefficient (Wildman–Crippen LogP) is -1.67. The molecule has 1 aliphatic rings. The van der Waals surface area contributed by atoms with Crippen LogP contribution >= 0.6 is 0 Å². The summed E-state index contributed by atoms with van der Waals surface area (Å²) in [6.07, 6.45) is 0. The number of nitrogens with zero attached hydrogens (tertiary/aromatic N) is 2. The van der Waals surface area contributed by atoms with E-state index < -0.39 is 36.0 Å². The van der Waals surface area contributed by atoms with Gasteiger partial charge in [0.1, 0.15) is 0 Å². The third kappa shape index (κ3) is 2.11. The average Bonchev–Trinajstić information content (AvgIpc) is 2.45. The highest BCUT2D eigenvalue weighted by atomic mass is 16.5. The summed E-state index contributed by atoms with van der Waals surface area (Å²) in [5.41, 5.74) is -2.05. The molecule has 1 saturated heterocycles. The van der Waals surface area contributed by atoms with Crippen molar-refractivity contribution in [3.8, 4) is 0 Å². The molecule has 8 nitrogen and oxygen atoms in total. The first kappa shape index (κ1) is 13.1. The van der Waals surface area contributed by atoms with Gasteiger partial charge < -0.3 is 9.84 Å². The fourth-order valence-corrected chi connectivity index (χ4v) is 1.35. The SMILES string of the molecule is COC(=O)C(C)(O)CN1C(=O)C(=O)N(C)C1=O. The second-order valence-electron chi connectivity index (χ2n) is 3.80. The largest absolute Gasteiger partial charge is 0.467 e. The summed E-state index contributed by atoms with van der Waals surface area (Å²) in [5.74, 6) is -3.09. The summed E-state index contributed by atoms with van der Waals surface area (Å²) in [6, 6.07) is -0.885. The minimum absolute atomic E-state index is 0.499. The Labute approximate surface area is 96.7 Å². The summed E-state index contributed by atoms with van der Waals surface area (Å²) in [6.45, 7) is 0.454. The maximum Gasteiger partial charge on any atom is 0.339 e. The number of rotatable bonds is 3. The van der Waals surface area contributed by atoms with Gasteiger partial charge >= 0.3 is 23.8 Å². The van der Waals surface area contributed by atoms with Crippen LogP contribution in [0.1, 0.15) is 6.92 Å². The normalized spacial score (nSPS) is 19.6. The van der Waals surface area contributed by atoms with E-state index in [2.05, 4.69) is 4.74 Å². The van der Waals surface area contributed by atoms with E-state index in [4.69, 9.17) is 0 Å². The second kappa shape index (κ2) is 4.13. The Kier molecular flexibility index (Phi) is 3.18. The number of aliphatic hydroxyl groups is 1. The topological polar surface area (TPSA) is 104 Å². The van der Waals surface area contributed by atoms with Gasteiger partial charge in [-0.05, 0) is 6.92 Å². The van der Waals surface area contributed by atoms with Crippen LogP contribution in [0.5, 0.6) is 0 Å². The molecule has 1 aliphatic heterocycles. The number of urea groups is 1. The summed E-state index contributed by atoms with van der Waals surface area (Å²) in [7, 11) is 2.19. The molecule has 0 radical (unpaired) electrons. The van der Waals surface area contributed by atoms with Crippen LogP contribution in [0.25, 0.3) is 0 Å². The molecule has 1 heterocycles. The molecule has 0 bridgehead atoms. The molecule has 0 aromatic rings. The zero-order valence-electron chi connectivity index (χ0n) is 9.59. The summed E-state index contributed by atoms with van der Waals surface area (Å²) >= 11 is 0. The number of carbonyl (C=O) groups is 4. The Morgan fingerprint density at radius 2 is 1.88 bits per heavy atom. The van der Waals surface area contributed by atoms with E-state index in [1.54, 1.807) is 0 Å². The maximum atomic E-state index is 11.5. The summed E-state index contributed by atoms with van der Waals surface area (Å²) in [5, 5.41) is 9.70. The molecule has 0 aliphatic carbocycles. The smallest absolute Gasteiger partial charge is 0.339 e. The number of imide groups is 2. The Bertz CT molecular complexity index is 402. The standard InChI is InChI=1S/C9H12N2O6/c1-9(16,7(14)17-3)4-11-6(13)5(12)10(2)8(11)15/h16H,4H2,1-3H3. The lowest BCUT2D eigenvalue weighted by Gasteiger charge is -2.24. The van der Waals surface area contributed by atoms with Crippen LogP contribution in [0.2, 0.25) is 0 Å². The van der Waals surface area contributed by atoms with Gasteiger partial charge in [0, 0.05) is 7.05 Å². The lowest BCUT2D eigenvalue weighted by atomic mass is 10.1.